The van der Waals surface area contributed by atoms with E-state index in [1.165, 1.54) is 29.0 Å². The normalized spacial score (nSPS) is 23.1. The van der Waals surface area contributed by atoms with Crippen LogP contribution in [0.2, 0.25) is 0 Å². The van der Waals surface area contributed by atoms with E-state index < -0.39 is 15.9 Å². The molecule has 1 amide bonds. The first-order chi connectivity index (χ1) is 13.3. The minimum Gasteiger partial charge on any atom is -0.489 e. The van der Waals surface area contributed by atoms with E-state index in [9.17, 15) is 17.6 Å². The number of benzene rings is 1. The van der Waals surface area contributed by atoms with Crippen LogP contribution in [0.15, 0.2) is 29.3 Å². The van der Waals surface area contributed by atoms with Gasteiger partial charge in [0, 0.05) is 44.0 Å². The van der Waals surface area contributed by atoms with Crippen molar-refractivity contribution >= 4 is 21.6 Å². The fraction of sp³-hybridized carbons (Fsp3) is 0.389. The summed E-state index contributed by atoms with van der Waals surface area (Å²) in [6.45, 7) is 3.04. The second-order valence-electron chi connectivity index (χ2n) is 7.16. The van der Waals surface area contributed by atoms with E-state index in [0.717, 1.165) is 0 Å². The minimum atomic E-state index is -3.84. The average molecular weight is 408 g/mol. The molecule has 3 heterocycles. The molecule has 0 radical (unpaired) electrons. The van der Waals surface area contributed by atoms with Crippen molar-refractivity contribution in [3.8, 4) is 5.75 Å². The SMILES string of the molecule is Cc1cc(NC(=O)c2c3c(cn2C)S(=O)(=O)N[C@@H]2CNC[C@H]2CO3)ccc1F. The second-order valence-corrected chi connectivity index (χ2v) is 8.84. The standard InChI is InChI=1S/C18H21FN4O4S/c1-10-5-12(3-4-13(10)19)21-18(24)16-17-15(8-23(16)2)28(25,26)22-14-7-20-6-11(14)9-27-17/h3-5,8,11,14,20,22H,6-7,9H2,1-2H3,(H,21,24)/t11-,14+/m0/s1. The summed E-state index contributed by atoms with van der Waals surface area (Å²) in [6.07, 6.45) is 1.37. The zero-order valence-corrected chi connectivity index (χ0v) is 16.3. The van der Waals surface area contributed by atoms with Gasteiger partial charge >= 0.3 is 0 Å². The molecule has 10 heteroatoms. The van der Waals surface area contributed by atoms with E-state index >= 15 is 0 Å². The Hall–Kier alpha value is -2.43. The van der Waals surface area contributed by atoms with Gasteiger partial charge in [-0.05, 0) is 30.7 Å². The number of hydrogen-bond acceptors (Lipinski definition) is 5. The Bertz CT molecular complexity index is 1050. The number of carbonyl (C=O) groups is 1. The lowest BCUT2D eigenvalue weighted by atomic mass is 10.1. The van der Waals surface area contributed by atoms with Crippen molar-refractivity contribution < 1.29 is 22.3 Å². The second kappa shape index (κ2) is 6.87. The molecule has 2 atom stereocenters. The lowest BCUT2D eigenvalue weighted by Gasteiger charge is -2.24. The lowest BCUT2D eigenvalue weighted by Crippen LogP contribution is -2.43. The molecule has 0 saturated carbocycles. The fourth-order valence-corrected chi connectivity index (χ4v) is 5.08. The third-order valence-corrected chi connectivity index (χ3v) is 6.59. The summed E-state index contributed by atoms with van der Waals surface area (Å²) in [5.74, 6) is -0.913. The number of hydrogen-bond donors (Lipinski definition) is 3. The quantitative estimate of drug-likeness (QED) is 0.688. The van der Waals surface area contributed by atoms with E-state index in [1.807, 2.05) is 0 Å². The molecule has 4 rings (SSSR count). The Morgan fingerprint density at radius 1 is 1.36 bits per heavy atom. The number of ether oxygens (including phenoxy) is 1. The van der Waals surface area contributed by atoms with Gasteiger partial charge in [0.1, 0.15) is 10.7 Å². The topological polar surface area (TPSA) is 101 Å². The maximum Gasteiger partial charge on any atom is 0.276 e. The van der Waals surface area contributed by atoms with E-state index in [1.54, 1.807) is 14.0 Å². The first kappa shape index (κ1) is 18.9. The first-order valence-corrected chi connectivity index (χ1v) is 10.4. The van der Waals surface area contributed by atoms with Crippen LogP contribution in [0.25, 0.3) is 0 Å². The number of aromatic nitrogens is 1. The molecule has 1 aromatic carbocycles. The molecule has 150 valence electrons. The maximum absolute atomic E-state index is 13.5. The summed E-state index contributed by atoms with van der Waals surface area (Å²) < 4.78 is 49.0. The van der Waals surface area contributed by atoms with Crippen LogP contribution < -0.4 is 20.1 Å². The molecule has 2 aromatic rings. The highest BCUT2D eigenvalue weighted by molar-refractivity contribution is 7.89. The molecule has 0 spiro atoms. The van der Waals surface area contributed by atoms with Gasteiger partial charge in [-0.3, -0.25) is 4.79 Å². The van der Waals surface area contributed by atoms with Crippen LogP contribution in [0.5, 0.6) is 5.75 Å². The number of amides is 1. The molecular weight excluding hydrogens is 387 g/mol. The summed E-state index contributed by atoms with van der Waals surface area (Å²) in [7, 11) is -2.26. The Morgan fingerprint density at radius 3 is 2.89 bits per heavy atom. The van der Waals surface area contributed by atoms with Gasteiger partial charge in [-0.25, -0.2) is 17.5 Å². The maximum atomic E-state index is 13.5. The molecule has 2 aliphatic rings. The van der Waals surface area contributed by atoms with E-state index in [0.29, 0.717) is 24.3 Å². The Labute approximate surface area is 162 Å². The molecule has 0 unspecified atom stereocenters. The van der Waals surface area contributed by atoms with Crippen molar-refractivity contribution in [1.82, 2.24) is 14.6 Å². The third-order valence-electron chi connectivity index (χ3n) is 5.11. The van der Waals surface area contributed by atoms with Gasteiger partial charge in [0.05, 0.1) is 6.61 Å². The molecule has 1 aromatic heterocycles. The highest BCUT2D eigenvalue weighted by Gasteiger charge is 2.38. The van der Waals surface area contributed by atoms with Crippen LogP contribution in [0.1, 0.15) is 16.1 Å². The Balaban J connectivity index is 1.70. The smallest absolute Gasteiger partial charge is 0.276 e. The minimum absolute atomic E-state index is 0.0247. The van der Waals surface area contributed by atoms with Gasteiger partial charge in [0.2, 0.25) is 10.0 Å². The number of halogens is 1. The van der Waals surface area contributed by atoms with E-state index in [2.05, 4.69) is 15.4 Å². The average Bonchev–Trinajstić information content (AvgIpc) is 3.18. The molecule has 8 nitrogen and oxygen atoms in total. The van der Waals surface area contributed by atoms with Crippen LogP contribution >= 0.6 is 0 Å². The van der Waals surface area contributed by atoms with Crippen LogP contribution in [-0.2, 0) is 17.1 Å². The molecule has 1 saturated heterocycles. The zero-order valence-electron chi connectivity index (χ0n) is 15.5. The van der Waals surface area contributed by atoms with Crippen LogP contribution in [0.4, 0.5) is 10.1 Å². The molecule has 2 aliphatic heterocycles. The largest absolute Gasteiger partial charge is 0.489 e. The Kier molecular flexibility index (Phi) is 4.64. The summed E-state index contributed by atoms with van der Waals surface area (Å²) >= 11 is 0. The summed E-state index contributed by atoms with van der Waals surface area (Å²) in [5.41, 5.74) is 0.889. The van der Waals surface area contributed by atoms with Crippen molar-refractivity contribution in [2.75, 3.05) is 25.0 Å². The molecule has 0 aliphatic carbocycles. The number of carbonyl (C=O) groups excluding carboxylic acids is 1. The predicted octanol–water partition coefficient (Wildman–Crippen LogP) is 0.984. The highest BCUT2D eigenvalue weighted by atomic mass is 32.2. The number of fused-ring (bicyclic) bond motifs is 2. The molecular formula is C18H21FN4O4S. The zero-order chi connectivity index (χ0) is 20.1. The number of sulfonamides is 1. The molecule has 1 fully saturated rings. The van der Waals surface area contributed by atoms with Gasteiger partial charge in [0.15, 0.2) is 11.4 Å². The van der Waals surface area contributed by atoms with Crippen molar-refractivity contribution in [3.63, 3.8) is 0 Å². The summed E-state index contributed by atoms with van der Waals surface area (Å²) in [6, 6.07) is 3.96. The molecule has 3 N–H and O–H groups in total. The first-order valence-electron chi connectivity index (χ1n) is 8.89. The molecule has 28 heavy (non-hydrogen) atoms. The lowest BCUT2D eigenvalue weighted by molar-refractivity contribution is 0.101. The van der Waals surface area contributed by atoms with Crippen LogP contribution in [0.3, 0.4) is 0 Å². The predicted molar refractivity (Wildman–Crippen MR) is 100 cm³/mol. The van der Waals surface area contributed by atoms with E-state index in [-0.39, 0.29) is 40.7 Å². The number of nitrogens with one attached hydrogen (secondary N) is 3. The Morgan fingerprint density at radius 2 is 2.14 bits per heavy atom. The van der Waals surface area contributed by atoms with Crippen LogP contribution in [0, 0.1) is 18.7 Å². The number of anilines is 1. The highest BCUT2D eigenvalue weighted by Crippen LogP contribution is 2.33. The van der Waals surface area contributed by atoms with Gasteiger partial charge in [-0.2, -0.15) is 0 Å². The number of nitrogens with zero attached hydrogens (tertiary/aromatic N) is 1. The van der Waals surface area contributed by atoms with Gasteiger partial charge in [-0.15, -0.1) is 0 Å². The van der Waals surface area contributed by atoms with Gasteiger partial charge < -0.3 is 19.9 Å². The summed E-state index contributed by atoms with van der Waals surface area (Å²) in [4.78, 5) is 12.8. The van der Waals surface area contributed by atoms with Crippen molar-refractivity contribution in [2.24, 2.45) is 13.0 Å². The van der Waals surface area contributed by atoms with Crippen molar-refractivity contribution in [2.45, 2.75) is 17.9 Å². The molecule has 0 bridgehead atoms. The van der Waals surface area contributed by atoms with Crippen molar-refractivity contribution in [3.05, 3.63) is 41.5 Å². The van der Waals surface area contributed by atoms with Crippen LogP contribution in [-0.4, -0.2) is 44.6 Å². The number of rotatable bonds is 2. The number of aryl methyl sites for hydroxylation is 2. The fourth-order valence-electron chi connectivity index (χ4n) is 3.58. The van der Waals surface area contributed by atoms with Gasteiger partial charge in [-0.1, -0.05) is 0 Å². The monoisotopic (exact) mass is 408 g/mol. The van der Waals surface area contributed by atoms with Gasteiger partial charge in [0.25, 0.3) is 5.91 Å². The van der Waals surface area contributed by atoms with E-state index in [4.69, 9.17) is 4.74 Å². The van der Waals surface area contributed by atoms with Crippen molar-refractivity contribution in [1.29, 1.82) is 0 Å². The third kappa shape index (κ3) is 3.27. The summed E-state index contributed by atoms with van der Waals surface area (Å²) in [5, 5.41) is 5.82.